The van der Waals surface area contributed by atoms with E-state index in [0.29, 0.717) is 36.5 Å². The fourth-order valence-corrected chi connectivity index (χ4v) is 3.50. The highest BCUT2D eigenvalue weighted by Crippen LogP contribution is 2.28. The molecule has 1 aromatic rings. The Balaban J connectivity index is 1.62. The van der Waals surface area contributed by atoms with Crippen molar-refractivity contribution in [2.24, 2.45) is 5.92 Å². The van der Waals surface area contributed by atoms with Crippen LogP contribution < -0.4 is 10.6 Å². The molecule has 0 radical (unpaired) electrons. The minimum absolute atomic E-state index is 0.0432. The zero-order chi connectivity index (χ0) is 18.1. The van der Waals surface area contributed by atoms with Crippen molar-refractivity contribution in [1.29, 1.82) is 0 Å². The van der Waals surface area contributed by atoms with Crippen LogP contribution >= 0.6 is 0 Å². The van der Waals surface area contributed by atoms with Crippen molar-refractivity contribution in [2.45, 2.75) is 38.8 Å². The van der Waals surface area contributed by atoms with Gasteiger partial charge in [0.25, 0.3) is 5.91 Å². The minimum atomic E-state index is -0.808. The molecule has 1 aromatic heterocycles. The second-order valence-electron chi connectivity index (χ2n) is 6.62. The third-order valence-electron chi connectivity index (χ3n) is 4.81. The van der Waals surface area contributed by atoms with E-state index in [1.165, 1.54) is 4.90 Å². The summed E-state index contributed by atoms with van der Waals surface area (Å²) in [6.45, 7) is 4.26. The van der Waals surface area contributed by atoms with Crippen molar-refractivity contribution in [3.8, 4) is 0 Å². The van der Waals surface area contributed by atoms with Crippen LogP contribution in [0, 0.1) is 19.8 Å². The lowest BCUT2D eigenvalue weighted by atomic mass is 10.1. The second-order valence-corrected chi connectivity index (χ2v) is 6.62. The highest BCUT2D eigenvalue weighted by Gasteiger charge is 2.40. The molecular formula is C16H22N4O5. The molecule has 0 unspecified atom stereocenters. The van der Waals surface area contributed by atoms with Crippen molar-refractivity contribution in [1.82, 2.24) is 20.7 Å². The number of nitrogens with zero attached hydrogens (tertiary/aromatic N) is 2. The van der Waals surface area contributed by atoms with E-state index in [4.69, 9.17) is 4.52 Å². The van der Waals surface area contributed by atoms with Gasteiger partial charge in [-0.05, 0) is 26.7 Å². The summed E-state index contributed by atoms with van der Waals surface area (Å²) in [7, 11) is 0. The molecule has 2 fully saturated rings. The van der Waals surface area contributed by atoms with Gasteiger partial charge in [-0.25, -0.2) is 0 Å². The standard InChI is InChI=1S/C16H22N4O5/c1-8-14(9(2)25-19-8)15(23)18-11-5-10(6-12(11)21)16(24)20-4-3-17-13(22)7-20/h10-12,21H,3-7H2,1-2H3,(H,17,22)(H,18,23)/t10-,11-,12-/m0/s1. The summed E-state index contributed by atoms with van der Waals surface area (Å²) < 4.78 is 4.98. The van der Waals surface area contributed by atoms with Gasteiger partial charge in [-0.3, -0.25) is 14.4 Å². The van der Waals surface area contributed by atoms with Crippen LogP contribution in [0.25, 0.3) is 0 Å². The molecule has 1 aliphatic carbocycles. The fourth-order valence-electron chi connectivity index (χ4n) is 3.50. The summed E-state index contributed by atoms with van der Waals surface area (Å²) >= 11 is 0. The summed E-state index contributed by atoms with van der Waals surface area (Å²) in [5.41, 5.74) is 0.837. The van der Waals surface area contributed by atoms with Crippen molar-refractivity contribution in [3.63, 3.8) is 0 Å². The van der Waals surface area contributed by atoms with Gasteiger partial charge in [0.15, 0.2) is 0 Å². The fraction of sp³-hybridized carbons (Fsp3) is 0.625. The Morgan fingerprint density at radius 1 is 1.36 bits per heavy atom. The van der Waals surface area contributed by atoms with Crippen LogP contribution in [-0.2, 0) is 9.59 Å². The molecule has 3 rings (SSSR count). The Morgan fingerprint density at radius 3 is 2.76 bits per heavy atom. The largest absolute Gasteiger partial charge is 0.391 e. The summed E-state index contributed by atoms with van der Waals surface area (Å²) in [6.07, 6.45) is -0.200. The van der Waals surface area contributed by atoms with Crippen LogP contribution in [0.1, 0.15) is 34.7 Å². The quantitative estimate of drug-likeness (QED) is 0.650. The van der Waals surface area contributed by atoms with Gasteiger partial charge in [0.05, 0.1) is 24.4 Å². The first kappa shape index (κ1) is 17.4. The Hall–Kier alpha value is -2.42. The first-order valence-electron chi connectivity index (χ1n) is 8.34. The molecule has 25 heavy (non-hydrogen) atoms. The lowest BCUT2D eigenvalue weighted by molar-refractivity contribution is -0.141. The Bertz CT molecular complexity index is 681. The molecule has 1 saturated carbocycles. The number of carbonyl (C=O) groups excluding carboxylic acids is 3. The van der Waals surface area contributed by atoms with E-state index in [0.717, 1.165) is 0 Å². The highest BCUT2D eigenvalue weighted by molar-refractivity contribution is 5.96. The van der Waals surface area contributed by atoms with Crippen LogP contribution in [0.15, 0.2) is 4.52 Å². The minimum Gasteiger partial charge on any atom is -0.391 e. The Morgan fingerprint density at radius 2 is 2.12 bits per heavy atom. The van der Waals surface area contributed by atoms with Crippen LogP contribution in [-0.4, -0.2) is 64.7 Å². The first-order chi connectivity index (χ1) is 11.9. The number of amides is 3. The number of aliphatic hydroxyl groups excluding tert-OH is 1. The topological polar surface area (TPSA) is 125 Å². The third kappa shape index (κ3) is 3.51. The normalized spacial score (nSPS) is 26.4. The summed E-state index contributed by atoms with van der Waals surface area (Å²) in [5.74, 6) is -0.694. The maximum Gasteiger partial charge on any atom is 0.257 e. The number of piperazine rings is 1. The zero-order valence-corrected chi connectivity index (χ0v) is 14.2. The number of aryl methyl sites for hydroxylation is 2. The molecule has 3 amide bonds. The molecule has 0 spiro atoms. The van der Waals surface area contributed by atoms with Crippen LogP contribution in [0.4, 0.5) is 0 Å². The maximum absolute atomic E-state index is 12.6. The predicted octanol–water partition coefficient (Wildman–Crippen LogP) is -0.881. The van der Waals surface area contributed by atoms with Crippen LogP contribution in [0.2, 0.25) is 0 Å². The molecule has 2 heterocycles. The SMILES string of the molecule is Cc1noc(C)c1C(=O)N[C@H]1C[C@H](C(=O)N2CCNC(=O)C2)C[C@@H]1O. The maximum atomic E-state index is 12.6. The third-order valence-corrected chi connectivity index (χ3v) is 4.81. The molecule has 136 valence electrons. The zero-order valence-electron chi connectivity index (χ0n) is 14.2. The summed E-state index contributed by atoms with van der Waals surface area (Å²) in [6, 6.07) is -0.520. The average molecular weight is 350 g/mol. The number of carbonyl (C=O) groups is 3. The van der Waals surface area contributed by atoms with Gasteiger partial charge in [0, 0.05) is 19.0 Å². The van der Waals surface area contributed by atoms with E-state index in [9.17, 15) is 19.5 Å². The lowest BCUT2D eigenvalue weighted by Gasteiger charge is -2.28. The van der Waals surface area contributed by atoms with Gasteiger partial charge < -0.3 is 25.2 Å². The molecule has 2 aliphatic rings. The smallest absolute Gasteiger partial charge is 0.257 e. The monoisotopic (exact) mass is 350 g/mol. The molecule has 0 bridgehead atoms. The lowest BCUT2D eigenvalue weighted by Crippen LogP contribution is -2.51. The van der Waals surface area contributed by atoms with Crippen LogP contribution in [0.5, 0.6) is 0 Å². The van der Waals surface area contributed by atoms with E-state index < -0.39 is 18.1 Å². The van der Waals surface area contributed by atoms with Crippen LogP contribution in [0.3, 0.4) is 0 Å². The van der Waals surface area contributed by atoms with Crippen molar-refractivity contribution in [2.75, 3.05) is 19.6 Å². The first-order valence-corrected chi connectivity index (χ1v) is 8.34. The van der Waals surface area contributed by atoms with Gasteiger partial charge in [-0.1, -0.05) is 5.16 Å². The van der Waals surface area contributed by atoms with E-state index in [-0.39, 0.29) is 30.7 Å². The second kappa shape index (κ2) is 6.83. The predicted molar refractivity (Wildman–Crippen MR) is 85.6 cm³/mol. The average Bonchev–Trinajstić information content (AvgIpc) is 3.09. The molecule has 3 N–H and O–H groups in total. The number of nitrogens with one attached hydrogen (secondary N) is 2. The highest BCUT2D eigenvalue weighted by atomic mass is 16.5. The number of aromatic nitrogens is 1. The molecular weight excluding hydrogens is 328 g/mol. The summed E-state index contributed by atoms with van der Waals surface area (Å²) in [4.78, 5) is 37.9. The van der Waals surface area contributed by atoms with Gasteiger partial charge in [0.2, 0.25) is 11.8 Å². The van der Waals surface area contributed by atoms with Gasteiger partial charge in [-0.2, -0.15) is 0 Å². The van der Waals surface area contributed by atoms with E-state index in [2.05, 4.69) is 15.8 Å². The number of hydrogen-bond acceptors (Lipinski definition) is 6. The number of hydrogen-bond donors (Lipinski definition) is 3. The Labute approximate surface area is 144 Å². The van der Waals surface area contributed by atoms with Gasteiger partial charge >= 0.3 is 0 Å². The number of rotatable bonds is 3. The molecule has 1 aliphatic heterocycles. The van der Waals surface area contributed by atoms with Crippen molar-refractivity contribution < 1.29 is 24.0 Å². The molecule has 0 aromatic carbocycles. The van der Waals surface area contributed by atoms with Gasteiger partial charge in [-0.15, -0.1) is 0 Å². The van der Waals surface area contributed by atoms with Gasteiger partial charge in [0.1, 0.15) is 11.3 Å². The molecule has 9 nitrogen and oxygen atoms in total. The van der Waals surface area contributed by atoms with Crippen molar-refractivity contribution >= 4 is 17.7 Å². The number of aliphatic hydroxyl groups is 1. The Kier molecular flexibility index (Phi) is 4.76. The molecule has 1 saturated heterocycles. The van der Waals surface area contributed by atoms with E-state index >= 15 is 0 Å². The van der Waals surface area contributed by atoms with Crippen molar-refractivity contribution in [3.05, 3.63) is 17.0 Å². The van der Waals surface area contributed by atoms with E-state index in [1.807, 2.05) is 0 Å². The molecule has 3 atom stereocenters. The molecule has 9 heteroatoms. The van der Waals surface area contributed by atoms with E-state index in [1.54, 1.807) is 13.8 Å². The summed E-state index contributed by atoms with van der Waals surface area (Å²) in [5, 5.41) is 19.4.